The smallest absolute Gasteiger partial charge is 0.226 e. The van der Waals surface area contributed by atoms with Crippen molar-refractivity contribution >= 4 is 26.4 Å². The molecule has 1 aromatic heterocycles. The number of nitrogens with zero attached hydrogens (tertiary/aromatic N) is 3. The summed E-state index contributed by atoms with van der Waals surface area (Å²) in [6.45, 7) is 4.27. The van der Waals surface area contributed by atoms with Crippen LogP contribution in [0.15, 0.2) is 58.5 Å². The van der Waals surface area contributed by atoms with Crippen molar-refractivity contribution < 1.29 is 8.42 Å². The Balaban J connectivity index is 1.86. The van der Waals surface area contributed by atoms with Crippen LogP contribution >= 0.6 is 0 Å². The van der Waals surface area contributed by atoms with Gasteiger partial charge in [0.1, 0.15) is 0 Å². The number of fused-ring (bicyclic) bond motifs is 1. The largest absolute Gasteiger partial charge is 0.370 e. The Morgan fingerprint density at radius 1 is 1.00 bits per heavy atom. The lowest BCUT2D eigenvalue weighted by atomic mass is 9.98. The molecule has 1 aliphatic rings. The number of piperidine rings is 1. The van der Waals surface area contributed by atoms with Crippen LogP contribution in [0.4, 0.5) is 5.69 Å². The quantitative estimate of drug-likeness (QED) is 0.707. The molecule has 4 rings (SSSR count). The van der Waals surface area contributed by atoms with Crippen molar-refractivity contribution in [2.45, 2.75) is 29.7 Å². The standard InChI is InChI=1S/C20H23N3O2S/c1-15-11-13-23(14-12-15)18-10-6-9-17-19(18)22(2)21-20(17)26(24,25)16-7-4-3-5-8-16/h3-10,15H,11-14H2,1-2H3. The van der Waals surface area contributed by atoms with E-state index in [-0.39, 0.29) is 9.92 Å². The molecule has 1 saturated heterocycles. The van der Waals surface area contributed by atoms with E-state index < -0.39 is 9.84 Å². The molecule has 0 N–H and O–H groups in total. The number of benzene rings is 2. The van der Waals surface area contributed by atoms with Crippen LogP contribution in [0.5, 0.6) is 0 Å². The number of hydrogen-bond donors (Lipinski definition) is 0. The summed E-state index contributed by atoms with van der Waals surface area (Å²) in [4.78, 5) is 2.63. The number of anilines is 1. The highest BCUT2D eigenvalue weighted by molar-refractivity contribution is 7.91. The van der Waals surface area contributed by atoms with Gasteiger partial charge < -0.3 is 4.90 Å². The van der Waals surface area contributed by atoms with Gasteiger partial charge in [-0.25, -0.2) is 8.42 Å². The van der Waals surface area contributed by atoms with Gasteiger partial charge >= 0.3 is 0 Å². The van der Waals surface area contributed by atoms with Crippen LogP contribution in [-0.2, 0) is 16.9 Å². The highest BCUT2D eigenvalue weighted by Gasteiger charge is 2.27. The van der Waals surface area contributed by atoms with Gasteiger partial charge in [-0.15, -0.1) is 0 Å². The molecule has 0 atom stereocenters. The molecule has 1 fully saturated rings. The Kier molecular flexibility index (Phi) is 4.23. The average molecular weight is 369 g/mol. The minimum absolute atomic E-state index is 0.133. The first kappa shape index (κ1) is 17.1. The molecule has 0 amide bonds. The van der Waals surface area contributed by atoms with Crippen LogP contribution in [0.3, 0.4) is 0 Å². The fraction of sp³-hybridized carbons (Fsp3) is 0.350. The molecule has 0 bridgehead atoms. The summed E-state index contributed by atoms with van der Waals surface area (Å²) in [7, 11) is -1.83. The Labute approximate surface area is 154 Å². The van der Waals surface area contributed by atoms with Gasteiger partial charge in [-0.1, -0.05) is 31.2 Å². The maximum absolute atomic E-state index is 13.1. The summed E-state index contributed by atoms with van der Waals surface area (Å²) >= 11 is 0. The number of para-hydroxylation sites is 1. The monoisotopic (exact) mass is 369 g/mol. The summed E-state index contributed by atoms with van der Waals surface area (Å²) in [5.74, 6) is 0.742. The normalized spacial score (nSPS) is 16.3. The Morgan fingerprint density at radius 3 is 2.38 bits per heavy atom. The molecular formula is C20H23N3O2S. The van der Waals surface area contributed by atoms with E-state index in [0.717, 1.165) is 43.1 Å². The van der Waals surface area contributed by atoms with Gasteiger partial charge in [0.05, 0.1) is 16.1 Å². The lowest BCUT2D eigenvalue weighted by molar-refractivity contribution is 0.439. The van der Waals surface area contributed by atoms with Crippen molar-refractivity contribution in [1.29, 1.82) is 0 Å². The second-order valence-electron chi connectivity index (χ2n) is 7.09. The van der Waals surface area contributed by atoms with E-state index >= 15 is 0 Å². The number of rotatable bonds is 3. The van der Waals surface area contributed by atoms with Crippen molar-refractivity contribution in [2.75, 3.05) is 18.0 Å². The Morgan fingerprint density at radius 2 is 1.69 bits per heavy atom. The fourth-order valence-electron chi connectivity index (χ4n) is 3.70. The molecule has 2 aromatic carbocycles. The summed E-state index contributed by atoms with van der Waals surface area (Å²) in [6.07, 6.45) is 2.31. The highest BCUT2D eigenvalue weighted by Crippen LogP contribution is 2.34. The third-order valence-corrected chi connectivity index (χ3v) is 6.95. The minimum atomic E-state index is -3.65. The van der Waals surface area contributed by atoms with Gasteiger partial charge in [-0.05, 0) is 43.0 Å². The summed E-state index contributed by atoms with van der Waals surface area (Å²) in [5.41, 5.74) is 1.95. The summed E-state index contributed by atoms with van der Waals surface area (Å²) in [6, 6.07) is 14.4. The van der Waals surface area contributed by atoms with Gasteiger partial charge in [0, 0.05) is 25.5 Å². The van der Waals surface area contributed by atoms with E-state index in [1.165, 1.54) is 0 Å². The van der Waals surface area contributed by atoms with Crippen LogP contribution in [-0.4, -0.2) is 31.3 Å². The zero-order chi connectivity index (χ0) is 18.3. The van der Waals surface area contributed by atoms with Gasteiger partial charge in [-0.2, -0.15) is 5.10 Å². The number of sulfone groups is 1. The molecule has 2 heterocycles. The van der Waals surface area contributed by atoms with Gasteiger partial charge in [-0.3, -0.25) is 4.68 Å². The van der Waals surface area contributed by atoms with E-state index in [9.17, 15) is 8.42 Å². The summed E-state index contributed by atoms with van der Waals surface area (Å²) < 4.78 is 27.9. The third kappa shape index (κ3) is 2.78. The van der Waals surface area contributed by atoms with Crippen LogP contribution in [0.25, 0.3) is 10.9 Å². The highest BCUT2D eigenvalue weighted by atomic mass is 32.2. The molecule has 0 spiro atoms. The van der Waals surface area contributed by atoms with E-state index in [0.29, 0.717) is 5.39 Å². The third-order valence-electron chi connectivity index (χ3n) is 5.24. The van der Waals surface area contributed by atoms with Gasteiger partial charge in [0.15, 0.2) is 5.03 Å². The van der Waals surface area contributed by atoms with Crippen LogP contribution in [0, 0.1) is 5.92 Å². The predicted molar refractivity (Wildman–Crippen MR) is 103 cm³/mol. The molecule has 0 aliphatic carbocycles. The number of hydrogen-bond acceptors (Lipinski definition) is 4. The predicted octanol–water partition coefficient (Wildman–Crippen LogP) is 3.64. The SMILES string of the molecule is CC1CCN(c2cccc3c(S(=O)(=O)c4ccccc4)nn(C)c23)CC1. The molecule has 6 heteroatoms. The lowest BCUT2D eigenvalue weighted by Gasteiger charge is -2.32. The second kappa shape index (κ2) is 6.43. The first-order valence-electron chi connectivity index (χ1n) is 8.99. The van der Waals surface area contributed by atoms with Crippen molar-refractivity contribution in [3.8, 4) is 0 Å². The average Bonchev–Trinajstić information content (AvgIpc) is 3.01. The van der Waals surface area contributed by atoms with Gasteiger partial charge in [0.25, 0.3) is 0 Å². The second-order valence-corrected chi connectivity index (χ2v) is 8.95. The van der Waals surface area contributed by atoms with Crippen LogP contribution < -0.4 is 4.90 Å². The van der Waals surface area contributed by atoms with Crippen molar-refractivity contribution in [3.05, 3.63) is 48.5 Å². The molecule has 5 nitrogen and oxygen atoms in total. The molecule has 26 heavy (non-hydrogen) atoms. The number of aryl methyl sites for hydroxylation is 1. The van der Waals surface area contributed by atoms with E-state index in [1.54, 1.807) is 28.9 Å². The lowest BCUT2D eigenvalue weighted by Crippen LogP contribution is -2.33. The minimum Gasteiger partial charge on any atom is -0.370 e. The number of aromatic nitrogens is 2. The van der Waals surface area contributed by atoms with Crippen LogP contribution in [0.1, 0.15) is 19.8 Å². The summed E-state index contributed by atoms with van der Waals surface area (Å²) in [5, 5.41) is 5.23. The van der Waals surface area contributed by atoms with Gasteiger partial charge in [0.2, 0.25) is 9.84 Å². The maximum Gasteiger partial charge on any atom is 0.226 e. The van der Waals surface area contributed by atoms with E-state index in [4.69, 9.17) is 0 Å². The van der Waals surface area contributed by atoms with E-state index in [2.05, 4.69) is 23.0 Å². The zero-order valence-electron chi connectivity index (χ0n) is 15.1. The Bertz CT molecular complexity index is 1030. The first-order valence-corrected chi connectivity index (χ1v) is 10.5. The van der Waals surface area contributed by atoms with Crippen molar-refractivity contribution in [1.82, 2.24) is 9.78 Å². The molecular weight excluding hydrogens is 346 g/mol. The topological polar surface area (TPSA) is 55.2 Å². The van der Waals surface area contributed by atoms with Crippen LogP contribution in [0.2, 0.25) is 0 Å². The molecule has 0 saturated carbocycles. The van der Waals surface area contributed by atoms with Crippen molar-refractivity contribution in [3.63, 3.8) is 0 Å². The molecule has 136 valence electrons. The molecule has 3 aromatic rings. The van der Waals surface area contributed by atoms with E-state index in [1.807, 2.05) is 25.2 Å². The Hall–Kier alpha value is -2.34. The zero-order valence-corrected chi connectivity index (χ0v) is 15.9. The fourth-order valence-corrected chi connectivity index (χ4v) is 5.12. The maximum atomic E-state index is 13.1. The first-order chi connectivity index (χ1) is 12.5. The van der Waals surface area contributed by atoms with Crippen molar-refractivity contribution in [2.24, 2.45) is 13.0 Å². The molecule has 0 unspecified atom stereocenters. The molecule has 0 radical (unpaired) electrons. The molecule has 1 aliphatic heterocycles.